The van der Waals surface area contributed by atoms with Gasteiger partial charge >= 0.3 is 5.97 Å². The fraction of sp³-hybridized carbons (Fsp3) is 0.471. The van der Waals surface area contributed by atoms with Crippen molar-refractivity contribution >= 4 is 11.7 Å². The van der Waals surface area contributed by atoms with Crippen LogP contribution >= 0.6 is 0 Å². The molecule has 0 amide bonds. The molecule has 0 N–H and O–H groups in total. The first kappa shape index (κ1) is 11.8. The second-order valence-electron chi connectivity index (χ2n) is 6.79. The Hall–Kier alpha value is -1.81. The van der Waals surface area contributed by atoms with E-state index < -0.39 is 11.1 Å². The number of carbonyl (C=O) groups is 1. The van der Waals surface area contributed by atoms with Crippen molar-refractivity contribution in [2.75, 3.05) is 5.06 Å². The van der Waals surface area contributed by atoms with Crippen LogP contribution in [0.1, 0.15) is 26.2 Å². The number of fused-ring (bicyclic) bond motifs is 1. The van der Waals surface area contributed by atoms with Gasteiger partial charge in [-0.15, -0.1) is 0 Å². The molecule has 1 aromatic rings. The summed E-state index contributed by atoms with van der Waals surface area (Å²) in [5.74, 6) is 0.271. The number of rotatable bonds is 1. The van der Waals surface area contributed by atoms with Gasteiger partial charge in [0.25, 0.3) is 0 Å². The molecule has 4 heteroatoms. The van der Waals surface area contributed by atoms with E-state index in [1.54, 1.807) is 0 Å². The average molecular weight is 283 g/mol. The van der Waals surface area contributed by atoms with Crippen LogP contribution < -0.4 is 5.06 Å². The van der Waals surface area contributed by atoms with Crippen LogP contribution in [0.4, 0.5) is 5.69 Å². The lowest BCUT2D eigenvalue weighted by Crippen LogP contribution is -2.67. The van der Waals surface area contributed by atoms with Crippen molar-refractivity contribution in [2.45, 2.75) is 43.4 Å². The molecule has 0 aromatic heterocycles. The van der Waals surface area contributed by atoms with Crippen LogP contribution in [0.3, 0.4) is 0 Å². The molecule has 4 nitrogen and oxygen atoms in total. The monoisotopic (exact) mass is 283 g/mol. The van der Waals surface area contributed by atoms with E-state index in [0.29, 0.717) is 5.92 Å². The van der Waals surface area contributed by atoms with Crippen molar-refractivity contribution in [3.8, 4) is 0 Å². The van der Waals surface area contributed by atoms with Gasteiger partial charge in [-0.25, -0.2) is 9.86 Å². The van der Waals surface area contributed by atoms with Gasteiger partial charge in [0.15, 0.2) is 0 Å². The summed E-state index contributed by atoms with van der Waals surface area (Å²) in [6.07, 6.45) is 4.92. The second-order valence-corrected chi connectivity index (χ2v) is 6.79. The van der Waals surface area contributed by atoms with Crippen molar-refractivity contribution in [2.24, 2.45) is 5.92 Å². The van der Waals surface area contributed by atoms with Gasteiger partial charge in [-0.2, -0.15) is 0 Å². The smallest absolute Gasteiger partial charge is 0.336 e. The maximum absolute atomic E-state index is 12.3. The summed E-state index contributed by atoms with van der Waals surface area (Å²) >= 11 is 0. The predicted octanol–water partition coefficient (Wildman–Crippen LogP) is 2.60. The number of hydroxylamine groups is 1. The Morgan fingerprint density at radius 2 is 2.05 bits per heavy atom. The highest BCUT2D eigenvalue weighted by molar-refractivity contribution is 5.97. The van der Waals surface area contributed by atoms with Crippen LogP contribution in [-0.4, -0.2) is 23.2 Å². The molecule has 6 rings (SSSR count). The highest BCUT2D eigenvalue weighted by Crippen LogP contribution is 2.62. The number of hydrogen-bond acceptors (Lipinski definition) is 4. The standard InChI is InChI=1S/C17H17NO3/c1-16-9-11-7-8-14-17(11,13(10-16)15(19)20-14)18(21-16)12-5-3-2-4-6-12/h2-6,10-11,14H,7-9H2,1H3/t11-,14-,16-,17+/m1/s1. The Bertz CT molecular complexity index is 670. The van der Waals surface area contributed by atoms with Crippen LogP contribution in [0, 0.1) is 5.92 Å². The lowest BCUT2D eigenvalue weighted by Gasteiger charge is -2.57. The summed E-state index contributed by atoms with van der Waals surface area (Å²) in [6.45, 7) is 2.07. The number of esters is 1. The highest BCUT2D eigenvalue weighted by Gasteiger charge is 2.71. The van der Waals surface area contributed by atoms with E-state index in [9.17, 15) is 4.79 Å². The zero-order valence-corrected chi connectivity index (χ0v) is 11.9. The zero-order chi connectivity index (χ0) is 14.2. The maximum Gasteiger partial charge on any atom is 0.336 e. The predicted molar refractivity (Wildman–Crippen MR) is 76.4 cm³/mol. The van der Waals surface area contributed by atoms with Gasteiger partial charge in [0.05, 0.1) is 11.3 Å². The third-order valence-electron chi connectivity index (χ3n) is 5.52. The maximum atomic E-state index is 12.3. The van der Waals surface area contributed by atoms with Crippen LogP contribution in [0.15, 0.2) is 42.0 Å². The van der Waals surface area contributed by atoms with Gasteiger partial charge < -0.3 is 4.74 Å². The fourth-order valence-electron chi connectivity index (χ4n) is 4.82. The summed E-state index contributed by atoms with van der Waals surface area (Å²) in [7, 11) is 0. The van der Waals surface area contributed by atoms with Crippen LogP contribution in [0.25, 0.3) is 0 Å². The minimum Gasteiger partial charge on any atom is -0.456 e. The third kappa shape index (κ3) is 1.23. The zero-order valence-electron chi connectivity index (χ0n) is 11.9. The Labute approximate surface area is 123 Å². The number of hydrogen-bond donors (Lipinski definition) is 0. The molecule has 5 aliphatic rings. The normalized spacial score (nSPS) is 42.8. The number of benzene rings is 1. The van der Waals surface area contributed by atoms with E-state index in [1.807, 2.05) is 41.5 Å². The fourth-order valence-corrected chi connectivity index (χ4v) is 4.82. The quantitative estimate of drug-likeness (QED) is 0.743. The number of anilines is 1. The Morgan fingerprint density at radius 1 is 1.24 bits per heavy atom. The molecule has 108 valence electrons. The van der Waals surface area contributed by atoms with E-state index in [2.05, 4.69) is 6.92 Å². The molecule has 4 atom stereocenters. The minimum atomic E-state index is -0.407. The SMILES string of the molecule is C[C@]12C=C3C(=O)O[C@@H]4CC[C@H](C1)[C@]34N(c1ccccc1)O2. The highest BCUT2D eigenvalue weighted by atomic mass is 16.7. The lowest BCUT2D eigenvalue weighted by molar-refractivity contribution is -0.139. The van der Waals surface area contributed by atoms with Gasteiger partial charge in [0, 0.05) is 0 Å². The van der Waals surface area contributed by atoms with Crippen molar-refractivity contribution in [1.82, 2.24) is 0 Å². The van der Waals surface area contributed by atoms with Gasteiger partial charge in [0.2, 0.25) is 0 Å². The van der Waals surface area contributed by atoms with Gasteiger partial charge in [-0.3, -0.25) is 4.84 Å². The Balaban J connectivity index is 1.77. The summed E-state index contributed by atoms with van der Waals surface area (Å²) in [4.78, 5) is 18.6. The Kier molecular flexibility index (Phi) is 1.97. The minimum absolute atomic E-state index is 0.0775. The molecule has 1 spiro atoms. The molecule has 2 aliphatic carbocycles. The summed E-state index contributed by atoms with van der Waals surface area (Å²) in [5, 5.41) is 1.99. The number of ether oxygens (including phenoxy) is 1. The van der Waals surface area contributed by atoms with Crippen molar-refractivity contribution in [3.63, 3.8) is 0 Å². The molecule has 3 fully saturated rings. The molecule has 0 unspecified atom stereocenters. The van der Waals surface area contributed by atoms with Crippen LogP contribution in [0.2, 0.25) is 0 Å². The number of carbonyl (C=O) groups excluding carboxylic acids is 1. The number of para-hydroxylation sites is 1. The summed E-state index contributed by atoms with van der Waals surface area (Å²) in [5.41, 5.74) is 1.01. The van der Waals surface area contributed by atoms with E-state index in [1.165, 1.54) is 0 Å². The molecule has 2 saturated heterocycles. The summed E-state index contributed by atoms with van der Waals surface area (Å²) < 4.78 is 5.69. The molecule has 3 aliphatic heterocycles. The van der Waals surface area contributed by atoms with Crippen molar-refractivity contribution < 1.29 is 14.4 Å². The molecule has 0 radical (unpaired) electrons. The Morgan fingerprint density at radius 3 is 2.86 bits per heavy atom. The van der Waals surface area contributed by atoms with Crippen LogP contribution in [0.5, 0.6) is 0 Å². The van der Waals surface area contributed by atoms with E-state index in [4.69, 9.17) is 9.57 Å². The van der Waals surface area contributed by atoms with Crippen LogP contribution in [-0.2, 0) is 14.4 Å². The van der Waals surface area contributed by atoms with Gasteiger partial charge in [-0.1, -0.05) is 18.2 Å². The van der Waals surface area contributed by atoms with Gasteiger partial charge in [-0.05, 0) is 50.3 Å². The molecular formula is C17H17NO3. The molecular weight excluding hydrogens is 266 g/mol. The molecule has 1 saturated carbocycles. The first-order chi connectivity index (χ1) is 10.1. The van der Waals surface area contributed by atoms with Gasteiger partial charge in [0.1, 0.15) is 17.2 Å². The third-order valence-corrected chi connectivity index (χ3v) is 5.52. The first-order valence-electron chi connectivity index (χ1n) is 7.62. The van der Waals surface area contributed by atoms with E-state index >= 15 is 0 Å². The number of nitrogens with zero attached hydrogens (tertiary/aromatic N) is 1. The topological polar surface area (TPSA) is 38.8 Å². The molecule has 3 heterocycles. The van der Waals surface area contributed by atoms with Crippen molar-refractivity contribution in [3.05, 3.63) is 42.0 Å². The van der Waals surface area contributed by atoms with E-state index in [-0.39, 0.29) is 12.1 Å². The molecule has 2 bridgehead atoms. The first-order valence-corrected chi connectivity index (χ1v) is 7.62. The second kappa shape index (κ2) is 3.50. The average Bonchev–Trinajstić information content (AvgIpc) is 2.98. The van der Waals surface area contributed by atoms with E-state index in [0.717, 1.165) is 30.5 Å². The molecule has 21 heavy (non-hydrogen) atoms. The van der Waals surface area contributed by atoms with Crippen molar-refractivity contribution in [1.29, 1.82) is 0 Å². The lowest BCUT2D eigenvalue weighted by atomic mass is 9.67. The molecule has 1 aromatic carbocycles. The summed E-state index contributed by atoms with van der Waals surface area (Å²) in [6, 6.07) is 10.1. The largest absolute Gasteiger partial charge is 0.456 e.